The maximum atomic E-state index is 12.9. The quantitative estimate of drug-likeness (QED) is 0.395. The van der Waals surface area contributed by atoms with Crippen molar-refractivity contribution in [1.29, 1.82) is 0 Å². The second-order valence-electron chi connectivity index (χ2n) is 7.94. The zero-order valence-corrected chi connectivity index (χ0v) is 19.9. The fourth-order valence-corrected chi connectivity index (χ4v) is 4.78. The van der Waals surface area contributed by atoms with Crippen LogP contribution in [-0.2, 0) is 21.2 Å². The molecule has 2 aromatic carbocycles. The van der Waals surface area contributed by atoms with Crippen LogP contribution in [0.2, 0.25) is 0 Å². The monoisotopic (exact) mass is 495 g/mol. The molecule has 0 amide bonds. The van der Waals surface area contributed by atoms with E-state index in [1.807, 2.05) is 24.3 Å². The van der Waals surface area contributed by atoms with Gasteiger partial charge in [0.2, 0.25) is 10.0 Å². The smallest absolute Gasteiger partial charge is 0.303 e. The van der Waals surface area contributed by atoms with Crippen molar-refractivity contribution >= 4 is 31.9 Å². The summed E-state index contributed by atoms with van der Waals surface area (Å²) >= 11 is 3.33. The molecule has 2 aromatic rings. The highest BCUT2D eigenvalue weighted by molar-refractivity contribution is 9.10. The van der Waals surface area contributed by atoms with Gasteiger partial charge in [0.15, 0.2) is 0 Å². The molecule has 0 heterocycles. The number of carbonyl (C=O) groups is 1. The number of halogens is 1. The molecule has 7 heteroatoms. The highest BCUT2D eigenvalue weighted by atomic mass is 79.9. The summed E-state index contributed by atoms with van der Waals surface area (Å²) in [6.07, 6.45) is 4.09. The standard InChI is InChI=1S/C23H30BrNO4S/c1-17(2)5-3-7-22(25-30(28,29)21-15-13-20(24)14-16-21)19-11-9-18(10-12-19)6-4-8-23(26)27/h9-17,22,25H,3-8H2,1-2H3,(H,26,27). The molecule has 30 heavy (non-hydrogen) atoms. The van der Waals surface area contributed by atoms with Gasteiger partial charge in [0.1, 0.15) is 0 Å². The lowest BCUT2D eigenvalue weighted by atomic mass is 9.97. The summed E-state index contributed by atoms with van der Waals surface area (Å²) in [7, 11) is -3.64. The summed E-state index contributed by atoms with van der Waals surface area (Å²) in [5, 5.41) is 8.78. The van der Waals surface area contributed by atoms with E-state index in [4.69, 9.17) is 5.11 Å². The molecular formula is C23H30BrNO4S. The molecule has 0 fully saturated rings. The average molecular weight is 496 g/mol. The van der Waals surface area contributed by atoms with Gasteiger partial charge in [0, 0.05) is 16.9 Å². The molecule has 0 saturated heterocycles. The van der Waals surface area contributed by atoms with Gasteiger partial charge in [-0.05, 0) is 60.6 Å². The van der Waals surface area contributed by atoms with Gasteiger partial charge in [-0.25, -0.2) is 13.1 Å². The summed E-state index contributed by atoms with van der Waals surface area (Å²) in [4.78, 5) is 10.9. The second kappa shape index (κ2) is 11.6. The summed E-state index contributed by atoms with van der Waals surface area (Å²) < 4.78 is 29.5. The average Bonchev–Trinajstić information content (AvgIpc) is 2.67. The largest absolute Gasteiger partial charge is 0.481 e. The number of benzene rings is 2. The molecule has 164 valence electrons. The highest BCUT2D eigenvalue weighted by Crippen LogP contribution is 2.25. The van der Waals surface area contributed by atoms with E-state index in [0.717, 1.165) is 28.4 Å². The molecule has 5 nitrogen and oxygen atoms in total. The van der Waals surface area contributed by atoms with Gasteiger partial charge in [-0.3, -0.25) is 4.79 Å². The molecule has 0 spiro atoms. The first-order valence-corrected chi connectivity index (χ1v) is 12.5. The van der Waals surface area contributed by atoms with Crippen LogP contribution in [0.1, 0.15) is 63.1 Å². The van der Waals surface area contributed by atoms with E-state index >= 15 is 0 Å². The zero-order valence-electron chi connectivity index (χ0n) is 17.5. The summed E-state index contributed by atoms with van der Waals surface area (Å²) in [6.45, 7) is 4.32. The Morgan fingerprint density at radius 2 is 1.63 bits per heavy atom. The minimum Gasteiger partial charge on any atom is -0.481 e. The zero-order chi connectivity index (χ0) is 22.1. The van der Waals surface area contributed by atoms with Crippen LogP contribution in [0.25, 0.3) is 0 Å². The molecule has 0 bridgehead atoms. The molecule has 0 aromatic heterocycles. The number of hydrogen-bond acceptors (Lipinski definition) is 3. The molecule has 1 unspecified atom stereocenters. The van der Waals surface area contributed by atoms with Crippen LogP contribution in [0.3, 0.4) is 0 Å². The number of aliphatic carboxylic acids is 1. The molecule has 2 rings (SSSR count). The number of aryl methyl sites for hydroxylation is 1. The summed E-state index contributed by atoms with van der Waals surface area (Å²) in [5.74, 6) is -0.232. The van der Waals surface area contributed by atoms with Crippen molar-refractivity contribution in [3.05, 3.63) is 64.1 Å². The molecule has 0 aliphatic heterocycles. The van der Waals surface area contributed by atoms with Crippen LogP contribution in [0.15, 0.2) is 57.9 Å². The fraction of sp³-hybridized carbons (Fsp3) is 0.435. The van der Waals surface area contributed by atoms with Crippen molar-refractivity contribution < 1.29 is 18.3 Å². The predicted octanol–water partition coefficient (Wildman–Crippen LogP) is 5.70. The van der Waals surface area contributed by atoms with E-state index in [2.05, 4.69) is 34.5 Å². The number of carboxylic acid groups (broad SMARTS) is 1. The Balaban J connectivity index is 2.15. The van der Waals surface area contributed by atoms with Gasteiger partial charge in [0.05, 0.1) is 4.90 Å². The Morgan fingerprint density at radius 1 is 1.00 bits per heavy atom. The second-order valence-corrected chi connectivity index (χ2v) is 10.6. The molecule has 2 N–H and O–H groups in total. The van der Waals surface area contributed by atoms with Crippen LogP contribution in [0, 0.1) is 5.92 Å². The fourth-order valence-electron chi connectivity index (χ4n) is 3.25. The Bertz CT molecular complexity index is 909. The molecule has 1 atom stereocenters. The van der Waals surface area contributed by atoms with Gasteiger partial charge in [-0.2, -0.15) is 0 Å². The third kappa shape index (κ3) is 8.20. The van der Waals surface area contributed by atoms with E-state index in [1.54, 1.807) is 24.3 Å². The number of rotatable bonds is 12. The van der Waals surface area contributed by atoms with Crippen LogP contribution < -0.4 is 4.72 Å². The summed E-state index contributed by atoms with van der Waals surface area (Å²) in [5.41, 5.74) is 1.97. The first-order valence-electron chi connectivity index (χ1n) is 10.3. The number of nitrogens with one attached hydrogen (secondary N) is 1. The Hall–Kier alpha value is -1.70. The molecule has 0 saturated carbocycles. The normalized spacial score (nSPS) is 12.8. The minimum absolute atomic E-state index is 0.145. The van der Waals surface area contributed by atoms with Crippen LogP contribution in [-0.4, -0.2) is 19.5 Å². The van der Waals surface area contributed by atoms with Gasteiger partial charge in [0.25, 0.3) is 0 Å². The van der Waals surface area contributed by atoms with Crippen molar-refractivity contribution in [1.82, 2.24) is 4.72 Å². The maximum absolute atomic E-state index is 12.9. The maximum Gasteiger partial charge on any atom is 0.303 e. The summed E-state index contributed by atoms with van der Waals surface area (Å²) in [6, 6.07) is 14.1. The first kappa shape index (κ1) is 24.6. The lowest BCUT2D eigenvalue weighted by Gasteiger charge is -2.20. The van der Waals surface area contributed by atoms with Gasteiger partial charge < -0.3 is 5.11 Å². The van der Waals surface area contributed by atoms with Gasteiger partial charge in [-0.15, -0.1) is 0 Å². The van der Waals surface area contributed by atoms with Crippen LogP contribution >= 0.6 is 15.9 Å². The molecular weight excluding hydrogens is 466 g/mol. The van der Waals surface area contributed by atoms with E-state index in [9.17, 15) is 13.2 Å². The van der Waals surface area contributed by atoms with E-state index in [1.165, 1.54) is 0 Å². The Kier molecular flexibility index (Phi) is 9.52. The molecule has 0 radical (unpaired) electrons. The van der Waals surface area contributed by atoms with Crippen molar-refractivity contribution in [2.75, 3.05) is 0 Å². The number of hydrogen-bond donors (Lipinski definition) is 2. The van der Waals surface area contributed by atoms with Gasteiger partial charge in [-0.1, -0.05) is 66.9 Å². The third-order valence-corrected chi connectivity index (χ3v) is 6.95. The molecule has 0 aliphatic carbocycles. The van der Waals surface area contributed by atoms with Crippen molar-refractivity contribution in [2.45, 2.75) is 63.3 Å². The Morgan fingerprint density at radius 3 is 2.20 bits per heavy atom. The lowest BCUT2D eigenvalue weighted by Crippen LogP contribution is -2.28. The lowest BCUT2D eigenvalue weighted by molar-refractivity contribution is -0.137. The Labute approximate surface area is 188 Å². The van der Waals surface area contributed by atoms with E-state index in [0.29, 0.717) is 25.2 Å². The first-order chi connectivity index (χ1) is 14.2. The number of carboxylic acids is 1. The van der Waals surface area contributed by atoms with E-state index in [-0.39, 0.29) is 17.4 Å². The van der Waals surface area contributed by atoms with Crippen LogP contribution in [0.4, 0.5) is 0 Å². The van der Waals surface area contributed by atoms with Crippen molar-refractivity contribution in [2.24, 2.45) is 5.92 Å². The minimum atomic E-state index is -3.64. The van der Waals surface area contributed by atoms with Crippen LogP contribution in [0.5, 0.6) is 0 Å². The van der Waals surface area contributed by atoms with Gasteiger partial charge >= 0.3 is 5.97 Å². The number of sulfonamides is 1. The van der Waals surface area contributed by atoms with Crippen molar-refractivity contribution in [3.63, 3.8) is 0 Å². The SMILES string of the molecule is CC(C)CCCC(NS(=O)(=O)c1ccc(Br)cc1)c1ccc(CCCC(=O)O)cc1. The highest BCUT2D eigenvalue weighted by Gasteiger charge is 2.21. The predicted molar refractivity (Wildman–Crippen MR) is 123 cm³/mol. The third-order valence-electron chi connectivity index (χ3n) is 4.93. The van der Waals surface area contributed by atoms with E-state index < -0.39 is 16.0 Å². The topological polar surface area (TPSA) is 83.5 Å². The molecule has 0 aliphatic rings. The van der Waals surface area contributed by atoms with Crippen molar-refractivity contribution in [3.8, 4) is 0 Å².